The lowest BCUT2D eigenvalue weighted by molar-refractivity contribution is -0.117. The predicted octanol–water partition coefficient (Wildman–Crippen LogP) is 3.04. The lowest BCUT2D eigenvalue weighted by Crippen LogP contribution is -2.42. The number of amides is 4. The van der Waals surface area contributed by atoms with Gasteiger partial charge >= 0.3 is 6.03 Å². The smallest absolute Gasteiger partial charge is 0.306 e. The van der Waals surface area contributed by atoms with Crippen LogP contribution in [0, 0.1) is 0 Å². The van der Waals surface area contributed by atoms with Gasteiger partial charge < -0.3 is 5.32 Å². The fraction of sp³-hybridized carbons (Fsp3) is 0.0526. The molecule has 1 aliphatic heterocycles. The van der Waals surface area contributed by atoms with Crippen LogP contribution < -0.4 is 14.9 Å². The van der Waals surface area contributed by atoms with Gasteiger partial charge in [-0.1, -0.05) is 29.8 Å². The van der Waals surface area contributed by atoms with E-state index in [0.29, 0.717) is 11.1 Å². The zero-order chi connectivity index (χ0) is 22.2. The van der Waals surface area contributed by atoms with E-state index in [2.05, 4.69) is 10.3 Å². The van der Waals surface area contributed by atoms with E-state index >= 15 is 0 Å². The molecule has 0 bridgehead atoms. The molecule has 12 heteroatoms. The Morgan fingerprint density at radius 2 is 1.87 bits per heavy atom. The maximum absolute atomic E-state index is 12.7. The Hall–Kier alpha value is -3.28. The average Bonchev–Trinajstić information content (AvgIpc) is 3.16. The van der Waals surface area contributed by atoms with Crippen molar-refractivity contribution in [3.8, 4) is 0 Å². The van der Waals surface area contributed by atoms with Crippen molar-refractivity contribution in [2.75, 3.05) is 10.2 Å². The minimum Gasteiger partial charge on any atom is -0.306 e. The normalized spacial score (nSPS) is 13.6. The van der Waals surface area contributed by atoms with Crippen LogP contribution in [0.2, 0.25) is 4.34 Å². The molecule has 0 saturated heterocycles. The van der Waals surface area contributed by atoms with Crippen molar-refractivity contribution in [1.82, 2.24) is 9.71 Å². The molecule has 3 aromatic rings. The lowest BCUT2D eigenvalue weighted by atomic mass is 9.98. The third-order valence-electron chi connectivity index (χ3n) is 4.32. The minimum atomic E-state index is -4.07. The summed E-state index contributed by atoms with van der Waals surface area (Å²) in [5.41, 5.74) is 1.24. The molecule has 9 nitrogen and oxygen atoms in total. The standard InChI is InChI=1S/C19H13ClN4O5S2/c20-14-6-8-17(30-14)31(28,29)23-19(27)22-12-5-7-15(21-10-12)24-16(25)9-11-3-1-2-4-13(11)18(24)26/h1-8,10H,9H2,(H2,22,23,27). The van der Waals surface area contributed by atoms with Gasteiger partial charge in [-0.2, -0.15) is 0 Å². The molecule has 3 heterocycles. The number of halogens is 1. The highest BCUT2D eigenvalue weighted by molar-refractivity contribution is 7.92. The molecular weight excluding hydrogens is 464 g/mol. The second-order valence-corrected chi connectivity index (χ2v) is 10.0. The highest BCUT2D eigenvalue weighted by Gasteiger charge is 2.32. The fourth-order valence-corrected chi connectivity index (χ4v) is 5.34. The Balaban J connectivity index is 1.47. The SMILES string of the molecule is O=C(Nc1ccc(N2C(=O)Cc3ccccc3C2=O)nc1)NS(=O)(=O)c1ccc(Cl)s1. The highest BCUT2D eigenvalue weighted by Crippen LogP contribution is 2.26. The van der Waals surface area contributed by atoms with E-state index in [1.165, 1.54) is 30.5 Å². The van der Waals surface area contributed by atoms with Crippen LogP contribution in [0.4, 0.5) is 16.3 Å². The summed E-state index contributed by atoms with van der Waals surface area (Å²) < 4.78 is 26.4. The molecule has 0 saturated carbocycles. The number of fused-ring (bicyclic) bond motifs is 1. The topological polar surface area (TPSA) is 126 Å². The van der Waals surface area contributed by atoms with E-state index in [0.717, 1.165) is 16.2 Å². The van der Waals surface area contributed by atoms with Gasteiger partial charge in [-0.15, -0.1) is 11.3 Å². The summed E-state index contributed by atoms with van der Waals surface area (Å²) in [6, 6.07) is 11.3. The van der Waals surface area contributed by atoms with E-state index < -0.39 is 27.9 Å². The molecule has 0 radical (unpaired) electrons. The van der Waals surface area contributed by atoms with Crippen LogP contribution in [0.3, 0.4) is 0 Å². The molecule has 0 unspecified atom stereocenters. The Morgan fingerprint density at radius 1 is 1.10 bits per heavy atom. The van der Waals surface area contributed by atoms with E-state index in [1.54, 1.807) is 24.3 Å². The number of carbonyl (C=O) groups is 3. The van der Waals surface area contributed by atoms with Crippen LogP contribution >= 0.6 is 22.9 Å². The zero-order valence-corrected chi connectivity index (χ0v) is 17.9. The number of anilines is 2. The first kappa shape index (κ1) is 21.0. The molecule has 31 heavy (non-hydrogen) atoms. The molecule has 158 valence electrons. The molecular formula is C19H13ClN4O5S2. The van der Waals surface area contributed by atoms with Gasteiger partial charge in [-0.3, -0.25) is 9.59 Å². The van der Waals surface area contributed by atoms with Gasteiger partial charge in [0.25, 0.3) is 15.9 Å². The summed E-state index contributed by atoms with van der Waals surface area (Å²) >= 11 is 6.54. The van der Waals surface area contributed by atoms with Crippen LogP contribution in [0.5, 0.6) is 0 Å². The van der Waals surface area contributed by atoms with Crippen LogP contribution in [-0.2, 0) is 21.2 Å². The number of hydrogen-bond acceptors (Lipinski definition) is 7. The number of rotatable bonds is 4. The van der Waals surface area contributed by atoms with Gasteiger partial charge in [0.15, 0.2) is 0 Å². The van der Waals surface area contributed by atoms with Crippen molar-refractivity contribution in [2.24, 2.45) is 0 Å². The number of nitrogens with one attached hydrogen (secondary N) is 2. The molecule has 1 aliphatic rings. The maximum Gasteiger partial charge on any atom is 0.333 e. The first-order valence-electron chi connectivity index (χ1n) is 8.75. The molecule has 4 rings (SSSR count). The van der Waals surface area contributed by atoms with E-state index in [1.807, 2.05) is 4.72 Å². The van der Waals surface area contributed by atoms with Crippen molar-refractivity contribution < 1.29 is 22.8 Å². The molecule has 0 fully saturated rings. The summed E-state index contributed by atoms with van der Waals surface area (Å²) in [4.78, 5) is 42.2. The fourth-order valence-electron chi connectivity index (χ4n) is 2.95. The predicted molar refractivity (Wildman–Crippen MR) is 115 cm³/mol. The Labute approximate surface area is 185 Å². The first-order valence-corrected chi connectivity index (χ1v) is 11.4. The molecule has 2 N–H and O–H groups in total. The molecule has 1 aromatic carbocycles. The maximum atomic E-state index is 12.7. The third-order valence-corrected chi connectivity index (χ3v) is 7.37. The van der Waals surface area contributed by atoms with Gasteiger partial charge in [0.05, 0.1) is 22.6 Å². The summed E-state index contributed by atoms with van der Waals surface area (Å²) in [6.45, 7) is 0. The summed E-state index contributed by atoms with van der Waals surface area (Å²) in [7, 11) is -4.07. The molecule has 4 amide bonds. The Kier molecular flexibility index (Phi) is 5.48. The highest BCUT2D eigenvalue weighted by atomic mass is 35.5. The number of pyridine rings is 1. The number of aromatic nitrogens is 1. The number of sulfonamides is 1. The molecule has 2 aromatic heterocycles. The van der Waals surface area contributed by atoms with Crippen molar-refractivity contribution >= 4 is 62.3 Å². The van der Waals surface area contributed by atoms with Gasteiger partial charge in [0, 0.05) is 5.56 Å². The summed E-state index contributed by atoms with van der Waals surface area (Å²) in [5, 5.41) is 2.33. The number of benzene rings is 1. The third kappa shape index (κ3) is 4.29. The quantitative estimate of drug-likeness (QED) is 0.557. The average molecular weight is 477 g/mol. The lowest BCUT2D eigenvalue weighted by Gasteiger charge is -2.25. The van der Waals surface area contributed by atoms with Gasteiger partial charge in [-0.25, -0.2) is 27.8 Å². The number of imide groups is 1. The monoisotopic (exact) mass is 476 g/mol. The van der Waals surface area contributed by atoms with Crippen LogP contribution in [-0.4, -0.2) is 31.2 Å². The number of hydrogen-bond donors (Lipinski definition) is 2. The summed E-state index contributed by atoms with van der Waals surface area (Å²) in [5.74, 6) is -0.815. The van der Waals surface area contributed by atoms with Crippen LogP contribution in [0.15, 0.2) is 58.9 Å². The van der Waals surface area contributed by atoms with Crippen molar-refractivity contribution in [3.05, 3.63) is 70.2 Å². The van der Waals surface area contributed by atoms with Crippen molar-refractivity contribution in [3.63, 3.8) is 0 Å². The summed E-state index contributed by atoms with van der Waals surface area (Å²) in [6.07, 6.45) is 1.28. The Bertz CT molecular complexity index is 1300. The first-order chi connectivity index (χ1) is 14.7. The van der Waals surface area contributed by atoms with Gasteiger partial charge in [0.1, 0.15) is 10.0 Å². The van der Waals surface area contributed by atoms with Gasteiger partial charge in [-0.05, 0) is 35.9 Å². The zero-order valence-electron chi connectivity index (χ0n) is 15.5. The second-order valence-electron chi connectivity index (χ2n) is 6.39. The second kappa shape index (κ2) is 8.10. The molecule has 0 atom stereocenters. The van der Waals surface area contributed by atoms with Crippen molar-refractivity contribution in [1.29, 1.82) is 0 Å². The molecule has 0 aliphatic carbocycles. The van der Waals surface area contributed by atoms with E-state index in [9.17, 15) is 22.8 Å². The molecule has 0 spiro atoms. The van der Waals surface area contributed by atoms with Crippen LogP contribution in [0.1, 0.15) is 15.9 Å². The van der Waals surface area contributed by atoms with Gasteiger partial charge in [0.2, 0.25) is 5.91 Å². The van der Waals surface area contributed by atoms with E-state index in [4.69, 9.17) is 11.6 Å². The Morgan fingerprint density at radius 3 is 2.55 bits per heavy atom. The number of urea groups is 1. The largest absolute Gasteiger partial charge is 0.333 e. The van der Waals surface area contributed by atoms with Crippen molar-refractivity contribution in [2.45, 2.75) is 10.6 Å². The number of carbonyl (C=O) groups excluding carboxylic acids is 3. The van der Waals surface area contributed by atoms with Crippen LogP contribution in [0.25, 0.3) is 0 Å². The number of thiophene rings is 1. The number of nitrogens with zero attached hydrogens (tertiary/aromatic N) is 2. The minimum absolute atomic E-state index is 0.0661. The van der Waals surface area contributed by atoms with E-state index in [-0.39, 0.29) is 26.5 Å².